The molecule has 6 atom stereocenters. The second-order valence-electron chi connectivity index (χ2n) is 13.9. The van der Waals surface area contributed by atoms with Crippen LogP contribution in [0.1, 0.15) is 149 Å². The van der Waals surface area contributed by atoms with Gasteiger partial charge in [-0.15, -0.1) is 5.73 Å². The molecule has 3 saturated carbocycles. The van der Waals surface area contributed by atoms with Gasteiger partial charge in [0.1, 0.15) is 5.78 Å². The van der Waals surface area contributed by atoms with Gasteiger partial charge >= 0.3 is 0 Å². The number of allylic oxidation sites excluding steroid dienone is 3. The Bertz CT molecular complexity index is 1030. The summed E-state index contributed by atoms with van der Waals surface area (Å²) >= 11 is 0. The summed E-state index contributed by atoms with van der Waals surface area (Å²) in [5.74, 6) is 2.21. The SMILES string of the molecule is CCCCCCCCCCCCCC=C=CS(=O)(=O)[C@H]1CC[C@@]2(C)C(=CC[C@@H]3[C@@H]2CC[C@]2(C)C(=O)CC[C@@H]32)C1. The first-order valence-corrected chi connectivity index (χ1v) is 18.2. The van der Waals surface area contributed by atoms with Crippen LogP contribution in [0.25, 0.3) is 0 Å². The maximum Gasteiger partial charge on any atom is 0.181 e. The third-order valence-corrected chi connectivity index (χ3v) is 13.3. The summed E-state index contributed by atoms with van der Waals surface area (Å²) in [5, 5.41) is 1.07. The molecule has 4 heteroatoms. The van der Waals surface area contributed by atoms with Gasteiger partial charge in [0.25, 0.3) is 0 Å². The highest BCUT2D eigenvalue weighted by Gasteiger charge is 2.58. The van der Waals surface area contributed by atoms with Crippen LogP contribution in [-0.4, -0.2) is 19.5 Å². The zero-order chi connectivity index (χ0) is 27.9. The summed E-state index contributed by atoms with van der Waals surface area (Å²) in [6.45, 7) is 6.90. The molecule has 0 amide bonds. The maximum absolute atomic E-state index is 13.2. The van der Waals surface area contributed by atoms with E-state index < -0.39 is 9.84 Å². The number of carbonyl (C=O) groups is 1. The zero-order valence-electron chi connectivity index (χ0n) is 25.3. The van der Waals surface area contributed by atoms with Crippen LogP contribution >= 0.6 is 0 Å². The largest absolute Gasteiger partial charge is 0.299 e. The van der Waals surface area contributed by atoms with Crippen molar-refractivity contribution in [2.75, 3.05) is 0 Å². The molecule has 3 fully saturated rings. The van der Waals surface area contributed by atoms with Crippen molar-refractivity contribution < 1.29 is 13.2 Å². The lowest BCUT2D eigenvalue weighted by Crippen LogP contribution is -2.50. The third-order valence-electron chi connectivity index (χ3n) is 11.5. The van der Waals surface area contributed by atoms with Crippen LogP contribution in [0.4, 0.5) is 0 Å². The second-order valence-corrected chi connectivity index (χ2v) is 16.0. The Balaban J connectivity index is 1.21. The Morgan fingerprint density at radius 2 is 1.49 bits per heavy atom. The van der Waals surface area contributed by atoms with Gasteiger partial charge in [-0.25, -0.2) is 8.42 Å². The third kappa shape index (κ3) is 7.03. The molecule has 0 unspecified atom stereocenters. The molecule has 39 heavy (non-hydrogen) atoms. The van der Waals surface area contributed by atoms with Crippen LogP contribution in [0, 0.1) is 28.6 Å². The molecule has 0 aliphatic heterocycles. The molecule has 4 aliphatic carbocycles. The summed E-state index contributed by atoms with van der Waals surface area (Å²) < 4.78 is 26.4. The lowest BCUT2D eigenvalue weighted by Gasteiger charge is -2.56. The minimum absolute atomic E-state index is 0.103. The quantitative estimate of drug-likeness (QED) is 0.122. The van der Waals surface area contributed by atoms with Crippen molar-refractivity contribution >= 4 is 15.6 Å². The molecule has 0 aromatic heterocycles. The van der Waals surface area contributed by atoms with Gasteiger partial charge in [0.05, 0.1) is 10.7 Å². The Morgan fingerprint density at radius 3 is 2.18 bits per heavy atom. The average molecular weight is 557 g/mol. The highest BCUT2D eigenvalue weighted by molar-refractivity contribution is 7.94. The Morgan fingerprint density at radius 1 is 0.872 bits per heavy atom. The van der Waals surface area contributed by atoms with Gasteiger partial charge in [-0.2, -0.15) is 0 Å². The van der Waals surface area contributed by atoms with Crippen molar-refractivity contribution in [1.82, 2.24) is 0 Å². The molecular formula is C35H56O3S. The van der Waals surface area contributed by atoms with E-state index in [2.05, 4.69) is 32.6 Å². The van der Waals surface area contributed by atoms with Crippen molar-refractivity contribution in [3.63, 3.8) is 0 Å². The number of hydrogen-bond donors (Lipinski definition) is 0. The minimum atomic E-state index is -3.29. The molecule has 0 N–H and O–H groups in total. The van der Waals surface area contributed by atoms with Gasteiger partial charge < -0.3 is 0 Å². The van der Waals surface area contributed by atoms with Crippen molar-refractivity contribution in [2.24, 2.45) is 28.6 Å². The molecule has 3 nitrogen and oxygen atoms in total. The number of fused-ring (bicyclic) bond motifs is 5. The van der Waals surface area contributed by atoms with Gasteiger partial charge in [0.15, 0.2) is 9.84 Å². The van der Waals surface area contributed by atoms with E-state index in [0.717, 1.165) is 57.8 Å². The number of sulfone groups is 1. The Hall–Kier alpha value is -1.12. The number of hydrogen-bond acceptors (Lipinski definition) is 3. The fraction of sp³-hybridized carbons (Fsp3) is 0.829. The topological polar surface area (TPSA) is 51.2 Å². The summed E-state index contributed by atoms with van der Waals surface area (Å²) in [6, 6.07) is 0. The standard InChI is InChI=1S/C35H56O3S/c1-4-5-6-7-8-9-10-11-12-13-14-15-16-17-26-39(37,38)29-22-24-34(2)28(27-29)18-19-30-31-20-21-33(36)35(31,3)25-23-32(30)34/h16,18,26,29-32H,4-15,19-25,27H2,1-3H3/t17?,29-,30-,31-,32-,34-,35-/m0/s1. The Kier molecular flexibility index (Phi) is 10.8. The molecule has 0 radical (unpaired) electrons. The number of Topliss-reactive ketones (excluding diaryl/α,β-unsaturated/α-hetero) is 1. The molecule has 4 aliphatic rings. The highest BCUT2D eigenvalue weighted by Crippen LogP contribution is 2.64. The monoisotopic (exact) mass is 556 g/mol. The number of rotatable bonds is 14. The van der Waals surface area contributed by atoms with Crippen LogP contribution < -0.4 is 0 Å². The summed E-state index contributed by atoms with van der Waals surface area (Å²) in [7, 11) is -3.29. The number of carbonyl (C=O) groups excluding carboxylic acids is 1. The van der Waals surface area contributed by atoms with E-state index in [1.165, 1.54) is 75.2 Å². The van der Waals surface area contributed by atoms with Gasteiger partial charge in [0.2, 0.25) is 0 Å². The van der Waals surface area contributed by atoms with E-state index in [9.17, 15) is 13.2 Å². The highest BCUT2D eigenvalue weighted by atomic mass is 32.2. The van der Waals surface area contributed by atoms with Crippen LogP contribution in [0.15, 0.2) is 28.9 Å². The summed E-state index contributed by atoms with van der Waals surface area (Å²) in [6.07, 6.45) is 27.2. The molecular weight excluding hydrogens is 500 g/mol. The second kappa shape index (κ2) is 13.7. The van der Waals surface area contributed by atoms with Crippen molar-refractivity contribution in [3.8, 4) is 0 Å². The molecule has 220 valence electrons. The van der Waals surface area contributed by atoms with E-state index in [4.69, 9.17) is 0 Å². The molecule has 0 bridgehead atoms. The van der Waals surface area contributed by atoms with Crippen LogP contribution in [0.2, 0.25) is 0 Å². The predicted molar refractivity (Wildman–Crippen MR) is 163 cm³/mol. The molecule has 0 aromatic rings. The summed E-state index contributed by atoms with van der Waals surface area (Å²) in [4.78, 5) is 12.7. The van der Waals surface area contributed by atoms with E-state index >= 15 is 0 Å². The summed E-state index contributed by atoms with van der Waals surface area (Å²) in [5.41, 5.74) is 4.42. The van der Waals surface area contributed by atoms with Gasteiger partial charge in [-0.05, 0) is 87.0 Å². The van der Waals surface area contributed by atoms with Crippen LogP contribution in [0.3, 0.4) is 0 Å². The first-order chi connectivity index (χ1) is 18.7. The van der Waals surface area contributed by atoms with E-state index in [0.29, 0.717) is 30.0 Å². The average Bonchev–Trinajstić information content (AvgIpc) is 3.22. The van der Waals surface area contributed by atoms with E-state index in [1.807, 2.05) is 6.08 Å². The number of ketones is 1. The lowest BCUT2D eigenvalue weighted by atomic mass is 9.48. The van der Waals surface area contributed by atoms with E-state index in [-0.39, 0.29) is 16.1 Å². The molecule has 0 heterocycles. The van der Waals surface area contributed by atoms with Gasteiger partial charge in [0, 0.05) is 11.8 Å². The fourth-order valence-corrected chi connectivity index (χ4v) is 10.2. The van der Waals surface area contributed by atoms with Gasteiger partial charge in [-0.1, -0.05) is 96.6 Å². The fourth-order valence-electron chi connectivity index (χ4n) is 8.91. The van der Waals surface area contributed by atoms with Crippen molar-refractivity contribution in [2.45, 2.75) is 154 Å². The van der Waals surface area contributed by atoms with Crippen LogP contribution in [0.5, 0.6) is 0 Å². The number of unbranched alkanes of at least 4 members (excludes halogenated alkanes) is 11. The predicted octanol–water partition coefficient (Wildman–Crippen LogP) is 9.67. The maximum atomic E-state index is 13.2. The van der Waals surface area contributed by atoms with Crippen molar-refractivity contribution in [3.05, 3.63) is 28.9 Å². The smallest absolute Gasteiger partial charge is 0.181 e. The lowest BCUT2D eigenvalue weighted by molar-refractivity contribution is -0.131. The molecule has 4 rings (SSSR count). The van der Waals surface area contributed by atoms with Gasteiger partial charge in [-0.3, -0.25) is 4.79 Å². The first-order valence-electron chi connectivity index (χ1n) is 16.6. The molecule has 0 spiro atoms. The minimum Gasteiger partial charge on any atom is -0.299 e. The zero-order valence-corrected chi connectivity index (χ0v) is 26.1. The first kappa shape index (κ1) is 30.8. The normalized spacial score (nSPS) is 33.9. The van der Waals surface area contributed by atoms with E-state index in [1.54, 1.807) is 0 Å². The molecule has 0 aromatic carbocycles. The molecule has 0 saturated heterocycles. The Labute approximate surface area is 240 Å². The van der Waals surface area contributed by atoms with Crippen molar-refractivity contribution in [1.29, 1.82) is 0 Å². The van der Waals surface area contributed by atoms with Crippen LogP contribution in [-0.2, 0) is 14.6 Å².